The van der Waals surface area contributed by atoms with Crippen molar-refractivity contribution in [2.45, 2.75) is 13.0 Å². The van der Waals surface area contributed by atoms with E-state index in [1.54, 1.807) is 0 Å². The molecule has 0 saturated carbocycles. The average Bonchev–Trinajstić information content (AvgIpc) is 2.57. The van der Waals surface area contributed by atoms with Crippen LogP contribution in [0.1, 0.15) is 17.2 Å². The summed E-state index contributed by atoms with van der Waals surface area (Å²) >= 11 is 0. The Morgan fingerprint density at radius 3 is 2.55 bits per heavy atom. The van der Waals surface area contributed by atoms with E-state index < -0.39 is 0 Å². The lowest BCUT2D eigenvalue weighted by molar-refractivity contribution is 0.222. The topological polar surface area (TPSA) is 43.2 Å². The van der Waals surface area contributed by atoms with Crippen molar-refractivity contribution in [3.63, 3.8) is 0 Å². The monoisotopic (exact) mass is 292 g/mol. The van der Waals surface area contributed by atoms with Crippen molar-refractivity contribution in [2.75, 3.05) is 31.1 Å². The summed E-state index contributed by atoms with van der Waals surface area (Å²) in [4.78, 5) is 8.94. The molecule has 2 aromatic rings. The third-order valence-electron chi connectivity index (χ3n) is 4.13. The summed E-state index contributed by atoms with van der Waals surface area (Å²) in [7, 11) is 0. The van der Waals surface area contributed by atoms with Gasteiger partial charge in [0.15, 0.2) is 0 Å². The highest BCUT2D eigenvalue weighted by Gasteiger charge is 2.25. The Morgan fingerprint density at radius 2 is 1.91 bits per heavy atom. The number of nitrogens with zero attached hydrogens (tertiary/aromatic N) is 4. The number of nitriles is 1. The predicted octanol–water partition coefficient (Wildman–Crippen LogP) is 2.78. The number of rotatable bonds is 3. The zero-order valence-electron chi connectivity index (χ0n) is 12.8. The van der Waals surface area contributed by atoms with Gasteiger partial charge in [-0.15, -0.1) is 0 Å². The first-order valence-corrected chi connectivity index (χ1v) is 7.64. The van der Waals surface area contributed by atoms with E-state index in [9.17, 15) is 5.26 Å². The van der Waals surface area contributed by atoms with E-state index in [2.05, 4.69) is 39.9 Å². The SMILES string of the molecule is Cc1cccc(C(C#N)N2CCN(c3ccccn3)CC2)c1. The van der Waals surface area contributed by atoms with Gasteiger partial charge >= 0.3 is 0 Å². The standard InChI is InChI=1S/C18H20N4/c1-15-5-4-6-16(13-15)17(14-19)21-9-11-22(12-10-21)18-7-2-3-8-20-18/h2-8,13,17H,9-12H2,1H3. The first-order chi connectivity index (χ1) is 10.8. The van der Waals surface area contributed by atoms with Gasteiger partial charge in [-0.2, -0.15) is 5.26 Å². The van der Waals surface area contributed by atoms with Crippen LogP contribution in [0.15, 0.2) is 48.7 Å². The van der Waals surface area contributed by atoms with Crippen LogP contribution in [0.5, 0.6) is 0 Å². The molecule has 0 aliphatic carbocycles. The molecule has 1 unspecified atom stereocenters. The van der Waals surface area contributed by atoms with E-state index in [0.29, 0.717) is 0 Å². The molecule has 2 heterocycles. The molecule has 4 heteroatoms. The van der Waals surface area contributed by atoms with E-state index in [1.165, 1.54) is 5.56 Å². The summed E-state index contributed by atoms with van der Waals surface area (Å²) in [5, 5.41) is 9.59. The Hall–Kier alpha value is -2.38. The van der Waals surface area contributed by atoms with Crippen LogP contribution in [-0.2, 0) is 0 Å². The van der Waals surface area contributed by atoms with Crippen molar-refractivity contribution in [3.05, 3.63) is 59.8 Å². The molecule has 1 aliphatic heterocycles. The molecule has 1 atom stereocenters. The summed E-state index contributed by atoms with van der Waals surface area (Å²) in [5.41, 5.74) is 2.29. The first-order valence-electron chi connectivity index (χ1n) is 7.64. The molecule has 1 aromatic carbocycles. The normalized spacial score (nSPS) is 17.0. The number of hydrogen-bond acceptors (Lipinski definition) is 4. The molecule has 112 valence electrons. The van der Waals surface area contributed by atoms with E-state index in [0.717, 1.165) is 37.6 Å². The maximum Gasteiger partial charge on any atom is 0.128 e. The predicted molar refractivity (Wildman–Crippen MR) is 87.6 cm³/mol. The second-order valence-electron chi connectivity index (χ2n) is 5.66. The Balaban J connectivity index is 1.69. The quantitative estimate of drug-likeness (QED) is 0.872. The van der Waals surface area contributed by atoms with Gasteiger partial charge in [0.2, 0.25) is 0 Å². The van der Waals surface area contributed by atoms with Gasteiger partial charge in [-0.05, 0) is 24.6 Å². The summed E-state index contributed by atoms with van der Waals surface area (Å²) < 4.78 is 0. The minimum atomic E-state index is -0.161. The summed E-state index contributed by atoms with van der Waals surface area (Å²) in [6.45, 7) is 5.63. The van der Waals surface area contributed by atoms with Crippen molar-refractivity contribution in [1.82, 2.24) is 9.88 Å². The van der Waals surface area contributed by atoms with Crippen LogP contribution in [0.3, 0.4) is 0 Å². The number of pyridine rings is 1. The van der Waals surface area contributed by atoms with Gasteiger partial charge in [-0.1, -0.05) is 35.9 Å². The maximum absolute atomic E-state index is 9.59. The Morgan fingerprint density at radius 1 is 1.09 bits per heavy atom. The molecule has 3 rings (SSSR count). The van der Waals surface area contributed by atoms with Crippen molar-refractivity contribution >= 4 is 5.82 Å². The van der Waals surface area contributed by atoms with E-state index in [4.69, 9.17) is 0 Å². The van der Waals surface area contributed by atoms with Crippen LogP contribution in [-0.4, -0.2) is 36.1 Å². The van der Waals surface area contributed by atoms with Crippen LogP contribution in [0, 0.1) is 18.3 Å². The van der Waals surface area contributed by atoms with E-state index in [-0.39, 0.29) is 6.04 Å². The van der Waals surface area contributed by atoms with E-state index in [1.807, 2.05) is 36.5 Å². The highest BCUT2D eigenvalue weighted by molar-refractivity contribution is 5.38. The molecule has 1 aromatic heterocycles. The molecular weight excluding hydrogens is 272 g/mol. The van der Waals surface area contributed by atoms with Gasteiger partial charge in [-0.25, -0.2) is 4.98 Å². The smallest absolute Gasteiger partial charge is 0.128 e. The highest BCUT2D eigenvalue weighted by atomic mass is 15.3. The molecule has 4 nitrogen and oxygen atoms in total. The number of aryl methyl sites for hydroxylation is 1. The van der Waals surface area contributed by atoms with Gasteiger partial charge in [-0.3, -0.25) is 4.90 Å². The summed E-state index contributed by atoms with van der Waals surface area (Å²) in [5.74, 6) is 1.02. The van der Waals surface area contributed by atoms with Crippen molar-refractivity contribution in [2.24, 2.45) is 0 Å². The zero-order valence-corrected chi connectivity index (χ0v) is 12.8. The Labute approximate surface area is 131 Å². The minimum Gasteiger partial charge on any atom is -0.354 e. The van der Waals surface area contributed by atoms with Crippen LogP contribution < -0.4 is 4.90 Å². The van der Waals surface area contributed by atoms with Gasteiger partial charge in [0.05, 0.1) is 6.07 Å². The van der Waals surface area contributed by atoms with Crippen LogP contribution in [0.2, 0.25) is 0 Å². The molecule has 0 radical (unpaired) electrons. The molecule has 0 spiro atoms. The third kappa shape index (κ3) is 3.10. The molecule has 1 fully saturated rings. The first kappa shape index (κ1) is 14.6. The molecule has 1 saturated heterocycles. The van der Waals surface area contributed by atoms with Gasteiger partial charge in [0, 0.05) is 32.4 Å². The van der Waals surface area contributed by atoms with Crippen molar-refractivity contribution in [1.29, 1.82) is 5.26 Å². The fraction of sp³-hybridized carbons (Fsp3) is 0.333. The summed E-state index contributed by atoms with van der Waals surface area (Å²) in [6.07, 6.45) is 1.83. The third-order valence-corrected chi connectivity index (χ3v) is 4.13. The number of benzene rings is 1. The zero-order chi connectivity index (χ0) is 15.4. The molecule has 0 amide bonds. The van der Waals surface area contributed by atoms with Crippen molar-refractivity contribution in [3.8, 4) is 6.07 Å². The van der Waals surface area contributed by atoms with Gasteiger partial charge in [0.1, 0.15) is 11.9 Å². The minimum absolute atomic E-state index is 0.161. The summed E-state index contributed by atoms with van der Waals surface area (Å²) in [6, 6.07) is 16.5. The molecular formula is C18H20N4. The van der Waals surface area contributed by atoms with Crippen molar-refractivity contribution < 1.29 is 0 Å². The second kappa shape index (κ2) is 6.59. The lowest BCUT2D eigenvalue weighted by Gasteiger charge is -2.37. The van der Waals surface area contributed by atoms with E-state index >= 15 is 0 Å². The van der Waals surface area contributed by atoms with Crippen LogP contribution in [0.4, 0.5) is 5.82 Å². The Bertz CT molecular complexity index is 654. The Kier molecular flexibility index (Phi) is 4.36. The lowest BCUT2D eigenvalue weighted by atomic mass is 10.0. The lowest BCUT2D eigenvalue weighted by Crippen LogP contribution is -2.47. The number of piperazine rings is 1. The van der Waals surface area contributed by atoms with Crippen LogP contribution >= 0.6 is 0 Å². The van der Waals surface area contributed by atoms with Gasteiger partial charge < -0.3 is 4.90 Å². The molecule has 0 N–H and O–H groups in total. The molecule has 22 heavy (non-hydrogen) atoms. The molecule has 1 aliphatic rings. The second-order valence-corrected chi connectivity index (χ2v) is 5.66. The number of anilines is 1. The highest BCUT2D eigenvalue weighted by Crippen LogP contribution is 2.23. The fourth-order valence-electron chi connectivity index (χ4n) is 2.96. The fourth-order valence-corrected chi connectivity index (χ4v) is 2.96. The number of aromatic nitrogens is 1. The molecule has 0 bridgehead atoms. The average molecular weight is 292 g/mol. The maximum atomic E-state index is 9.59. The van der Waals surface area contributed by atoms with Crippen LogP contribution in [0.25, 0.3) is 0 Å². The number of hydrogen-bond donors (Lipinski definition) is 0. The van der Waals surface area contributed by atoms with Gasteiger partial charge in [0.25, 0.3) is 0 Å². The largest absolute Gasteiger partial charge is 0.354 e.